The minimum atomic E-state index is -0.551. The highest BCUT2D eigenvalue weighted by molar-refractivity contribution is 7.99. The van der Waals surface area contributed by atoms with Gasteiger partial charge in [0.2, 0.25) is 11.8 Å². The van der Waals surface area contributed by atoms with Gasteiger partial charge in [0.25, 0.3) is 0 Å². The molecule has 0 aliphatic carbocycles. The third-order valence-corrected chi connectivity index (χ3v) is 6.89. The first kappa shape index (κ1) is 27.4. The second-order valence-electron chi connectivity index (χ2n) is 7.63. The maximum atomic E-state index is 13.3. The third-order valence-electron chi connectivity index (χ3n) is 5.24. The van der Waals surface area contributed by atoms with Gasteiger partial charge in [0.15, 0.2) is 0 Å². The minimum Gasteiger partial charge on any atom is -0.497 e. The number of ether oxygens (including phenoxy) is 1. The molecule has 8 heteroatoms. The maximum Gasteiger partial charge on any atom is 0.242 e. The number of amides is 2. The van der Waals surface area contributed by atoms with Gasteiger partial charge in [0.1, 0.15) is 11.8 Å². The summed E-state index contributed by atoms with van der Waals surface area (Å²) in [6, 6.07) is 12.4. The van der Waals surface area contributed by atoms with Crippen molar-refractivity contribution in [1.29, 1.82) is 0 Å². The lowest BCUT2D eigenvalue weighted by Gasteiger charge is -2.30. The topological polar surface area (TPSA) is 58.6 Å². The van der Waals surface area contributed by atoms with Crippen molar-refractivity contribution >= 4 is 46.8 Å². The lowest BCUT2D eigenvalue weighted by atomic mass is 10.1. The van der Waals surface area contributed by atoms with Gasteiger partial charge in [0, 0.05) is 28.9 Å². The van der Waals surface area contributed by atoms with Crippen LogP contribution in [0.15, 0.2) is 42.5 Å². The molecule has 2 aromatic rings. The minimum absolute atomic E-state index is 0.108. The van der Waals surface area contributed by atoms with E-state index in [1.807, 2.05) is 31.2 Å². The third kappa shape index (κ3) is 8.43. The SMILES string of the molecule is CCCCNC(=O)[C@H](CC)N(Cc1cccc(OC)c1)C(=O)CSCc1c(Cl)cccc1Cl. The summed E-state index contributed by atoms with van der Waals surface area (Å²) in [7, 11) is 1.61. The molecule has 33 heavy (non-hydrogen) atoms. The van der Waals surface area contributed by atoms with Gasteiger partial charge in [-0.1, -0.05) is 61.7 Å². The number of thioether (sulfide) groups is 1. The zero-order chi connectivity index (χ0) is 24.2. The summed E-state index contributed by atoms with van der Waals surface area (Å²) in [5, 5.41) is 4.14. The van der Waals surface area contributed by atoms with Crippen LogP contribution in [0.5, 0.6) is 5.75 Å². The average molecular weight is 512 g/mol. The molecule has 0 bridgehead atoms. The summed E-state index contributed by atoms with van der Waals surface area (Å²) in [4.78, 5) is 27.9. The Kier molecular flexibility index (Phi) is 11.9. The van der Waals surface area contributed by atoms with Crippen LogP contribution in [0, 0.1) is 0 Å². The van der Waals surface area contributed by atoms with Gasteiger partial charge in [-0.05, 0) is 48.2 Å². The Morgan fingerprint density at radius 2 is 1.82 bits per heavy atom. The predicted molar refractivity (Wildman–Crippen MR) is 138 cm³/mol. The van der Waals surface area contributed by atoms with E-state index in [1.54, 1.807) is 30.2 Å². The lowest BCUT2D eigenvalue weighted by molar-refractivity contribution is -0.139. The molecule has 0 unspecified atom stereocenters. The highest BCUT2D eigenvalue weighted by atomic mass is 35.5. The molecule has 5 nitrogen and oxygen atoms in total. The normalized spacial score (nSPS) is 11.7. The molecule has 0 aromatic heterocycles. The summed E-state index contributed by atoms with van der Waals surface area (Å²) < 4.78 is 5.32. The van der Waals surface area contributed by atoms with Crippen LogP contribution < -0.4 is 10.1 Å². The fourth-order valence-corrected chi connectivity index (χ4v) is 5.03. The van der Waals surface area contributed by atoms with Crippen molar-refractivity contribution < 1.29 is 14.3 Å². The van der Waals surface area contributed by atoms with E-state index in [1.165, 1.54) is 11.8 Å². The summed E-state index contributed by atoms with van der Waals surface area (Å²) >= 11 is 14.0. The van der Waals surface area contributed by atoms with Gasteiger partial charge >= 0.3 is 0 Å². The molecule has 1 atom stereocenters. The first-order chi connectivity index (χ1) is 15.9. The van der Waals surface area contributed by atoms with Gasteiger partial charge in [-0.3, -0.25) is 9.59 Å². The van der Waals surface area contributed by atoms with Crippen LogP contribution in [0.2, 0.25) is 10.0 Å². The number of carbonyl (C=O) groups excluding carboxylic acids is 2. The van der Waals surface area contributed by atoms with Gasteiger partial charge in [0.05, 0.1) is 12.9 Å². The quantitative estimate of drug-likeness (QED) is 0.337. The monoisotopic (exact) mass is 510 g/mol. The van der Waals surface area contributed by atoms with Crippen LogP contribution in [0.3, 0.4) is 0 Å². The molecular weight excluding hydrogens is 479 g/mol. The van der Waals surface area contributed by atoms with Crippen molar-refractivity contribution in [3.8, 4) is 5.75 Å². The number of methoxy groups -OCH3 is 1. The van der Waals surface area contributed by atoms with Crippen molar-refractivity contribution in [3.63, 3.8) is 0 Å². The van der Waals surface area contributed by atoms with Gasteiger partial charge in [-0.25, -0.2) is 0 Å². The van der Waals surface area contributed by atoms with Crippen LogP contribution in [-0.4, -0.2) is 42.2 Å². The standard InChI is InChI=1S/C25H32Cl2N2O3S/c1-4-6-13-28-25(31)23(5-2)29(15-18-9-7-10-19(14-18)32-3)24(30)17-33-16-20-21(26)11-8-12-22(20)27/h7-12,14,23H,4-6,13,15-17H2,1-3H3,(H,28,31)/t23-/m0/s1. The first-order valence-electron chi connectivity index (χ1n) is 11.1. The first-order valence-corrected chi connectivity index (χ1v) is 13.0. The van der Waals surface area contributed by atoms with E-state index in [0.29, 0.717) is 41.1 Å². The van der Waals surface area contributed by atoms with Crippen LogP contribution in [0.4, 0.5) is 0 Å². The summed E-state index contributed by atoms with van der Waals surface area (Å²) in [6.45, 7) is 4.92. The molecule has 0 aliphatic rings. The van der Waals surface area contributed by atoms with Crippen LogP contribution in [0.25, 0.3) is 0 Å². The molecular formula is C25H32Cl2N2O3S. The highest BCUT2D eigenvalue weighted by Crippen LogP contribution is 2.28. The average Bonchev–Trinajstić information content (AvgIpc) is 2.81. The number of rotatable bonds is 13. The molecule has 0 saturated carbocycles. The number of hydrogen-bond donors (Lipinski definition) is 1. The Morgan fingerprint density at radius 1 is 1.12 bits per heavy atom. The molecule has 0 heterocycles. The zero-order valence-corrected chi connectivity index (χ0v) is 21.7. The number of hydrogen-bond acceptors (Lipinski definition) is 4. The lowest BCUT2D eigenvalue weighted by Crippen LogP contribution is -2.49. The Morgan fingerprint density at radius 3 is 2.45 bits per heavy atom. The van der Waals surface area contributed by atoms with Crippen molar-refractivity contribution in [1.82, 2.24) is 10.2 Å². The van der Waals surface area contributed by atoms with E-state index in [4.69, 9.17) is 27.9 Å². The number of carbonyl (C=O) groups is 2. The molecule has 2 aromatic carbocycles. The fourth-order valence-electron chi connectivity index (χ4n) is 3.39. The molecule has 0 fully saturated rings. The number of halogens is 2. The summed E-state index contributed by atoms with van der Waals surface area (Å²) in [5.41, 5.74) is 1.71. The Bertz CT molecular complexity index is 906. The van der Waals surface area contributed by atoms with E-state index >= 15 is 0 Å². The smallest absolute Gasteiger partial charge is 0.242 e. The van der Waals surface area contributed by atoms with Crippen molar-refractivity contribution in [2.24, 2.45) is 0 Å². The van der Waals surface area contributed by atoms with Gasteiger partial charge in [-0.15, -0.1) is 11.8 Å². The maximum absolute atomic E-state index is 13.3. The summed E-state index contributed by atoms with van der Waals surface area (Å²) in [6.07, 6.45) is 2.42. The molecule has 1 N–H and O–H groups in total. The van der Waals surface area contributed by atoms with Crippen molar-refractivity contribution in [2.45, 2.75) is 51.4 Å². The Labute approximate surface area is 211 Å². The van der Waals surface area contributed by atoms with E-state index in [-0.39, 0.29) is 17.6 Å². The van der Waals surface area contributed by atoms with Gasteiger partial charge in [-0.2, -0.15) is 0 Å². The number of nitrogens with one attached hydrogen (secondary N) is 1. The molecule has 2 amide bonds. The Hall–Kier alpha value is -1.89. The molecule has 0 spiro atoms. The molecule has 180 valence electrons. The van der Waals surface area contributed by atoms with Crippen molar-refractivity contribution in [2.75, 3.05) is 19.4 Å². The number of nitrogens with zero attached hydrogens (tertiary/aromatic N) is 1. The van der Waals surface area contributed by atoms with Crippen LogP contribution >= 0.6 is 35.0 Å². The van der Waals surface area contributed by atoms with Crippen molar-refractivity contribution in [3.05, 3.63) is 63.6 Å². The van der Waals surface area contributed by atoms with Crippen LogP contribution in [0.1, 0.15) is 44.2 Å². The molecule has 0 saturated heterocycles. The number of benzene rings is 2. The predicted octanol–water partition coefficient (Wildman–Crippen LogP) is 5.96. The zero-order valence-electron chi connectivity index (χ0n) is 19.4. The van der Waals surface area contributed by atoms with E-state index in [9.17, 15) is 9.59 Å². The largest absolute Gasteiger partial charge is 0.497 e. The van der Waals surface area contributed by atoms with Crippen LogP contribution in [-0.2, 0) is 21.9 Å². The Balaban J connectivity index is 2.16. The fraction of sp³-hybridized carbons (Fsp3) is 0.440. The van der Waals surface area contributed by atoms with E-state index in [0.717, 1.165) is 24.0 Å². The molecule has 0 radical (unpaired) electrons. The second-order valence-corrected chi connectivity index (χ2v) is 9.43. The highest BCUT2D eigenvalue weighted by Gasteiger charge is 2.28. The number of unbranched alkanes of at least 4 members (excludes halogenated alkanes) is 1. The second kappa shape index (κ2) is 14.4. The van der Waals surface area contributed by atoms with Gasteiger partial charge < -0.3 is 15.0 Å². The van der Waals surface area contributed by atoms with E-state index < -0.39 is 6.04 Å². The summed E-state index contributed by atoms with van der Waals surface area (Å²) in [5.74, 6) is 1.20. The molecule has 2 rings (SSSR count). The molecule has 0 aliphatic heterocycles. The van der Waals surface area contributed by atoms with E-state index in [2.05, 4.69) is 12.2 Å².